The summed E-state index contributed by atoms with van der Waals surface area (Å²) in [6, 6.07) is 51.5. The first-order valence-electron chi connectivity index (χ1n) is 11.0. The Labute approximate surface area is 190 Å². The van der Waals surface area contributed by atoms with Crippen LogP contribution in [-0.2, 0) is 0 Å². The Kier molecular flexibility index (Phi) is 5.76. The predicted molar refractivity (Wildman–Crippen MR) is 133 cm³/mol. The van der Waals surface area contributed by atoms with E-state index in [0.29, 0.717) is 0 Å². The first kappa shape index (κ1) is 19.8. The van der Waals surface area contributed by atoms with E-state index in [9.17, 15) is 0 Å². The second kappa shape index (κ2) is 9.32. The summed E-state index contributed by atoms with van der Waals surface area (Å²) in [5.74, 6) is 2.50. The van der Waals surface area contributed by atoms with Gasteiger partial charge in [0.15, 0.2) is 0 Å². The quantitative estimate of drug-likeness (QED) is 0.199. The van der Waals surface area contributed by atoms with Crippen molar-refractivity contribution in [2.75, 3.05) is 0 Å². The van der Waals surface area contributed by atoms with E-state index in [2.05, 4.69) is 146 Å². The maximum atomic E-state index is 2.25. The van der Waals surface area contributed by atoms with E-state index in [1.54, 1.807) is 0 Å². The topological polar surface area (TPSA) is 0 Å². The Hall–Kier alpha value is -4.16. The van der Waals surface area contributed by atoms with Gasteiger partial charge in [-0.15, -0.1) is 0 Å². The van der Waals surface area contributed by atoms with Crippen molar-refractivity contribution in [3.05, 3.63) is 191 Å². The molecule has 0 spiro atoms. The van der Waals surface area contributed by atoms with Gasteiger partial charge in [0.2, 0.25) is 0 Å². The second-order valence-electron chi connectivity index (χ2n) is 7.79. The lowest BCUT2D eigenvalue weighted by Crippen LogP contribution is -2.07. The molecule has 0 aromatic heterocycles. The average molecular weight is 409 g/mol. The Morgan fingerprint density at radius 2 is 0.406 bits per heavy atom. The van der Waals surface area contributed by atoms with E-state index in [0.717, 1.165) is 0 Å². The highest BCUT2D eigenvalue weighted by molar-refractivity contribution is 5.61. The summed E-state index contributed by atoms with van der Waals surface area (Å²) < 4.78 is 0. The molecule has 5 rings (SSSR count). The van der Waals surface area contributed by atoms with Crippen LogP contribution in [0.3, 0.4) is 0 Å². The van der Waals surface area contributed by atoms with Crippen LogP contribution < -0.4 is 0 Å². The van der Waals surface area contributed by atoms with Gasteiger partial charge in [0.1, 0.15) is 0 Å². The molecule has 0 atom stereocenters. The molecular formula is C32H24+2. The van der Waals surface area contributed by atoms with Crippen molar-refractivity contribution in [2.24, 2.45) is 0 Å². The fourth-order valence-electron chi connectivity index (χ4n) is 4.22. The van der Waals surface area contributed by atoms with Crippen molar-refractivity contribution in [1.82, 2.24) is 0 Å². The SMILES string of the molecule is c1ccc([C+](c2ccccc2)c2ccc([C+](c3ccccc3)c3ccccc3)cc2)cc1. The summed E-state index contributed by atoms with van der Waals surface area (Å²) in [5.41, 5.74) is 7.32. The van der Waals surface area contributed by atoms with Crippen LogP contribution in [-0.4, -0.2) is 0 Å². The Morgan fingerprint density at radius 3 is 0.625 bits per heavy atom. The lowest BCUT2D eigenvalue weighted by molar-refractivity contribution is 1.19. The molecule has 150 valence electrons. The first-order chi connectivity index (χ1) is 15.9. The molecule has 0 fully saturated rings. The zero-order valence-corrected chi connectivity index (χ0v) is 17.9. The van der Waals surface area contributed by atoms with Gasteiger partial charge in [-0.3, -0.25) is 0 Å². The molecule has 0 N–H and O–H groups in total. The normalized spacial score (nSPS) is 10.5. The van der Waals surface area contributed by atoms with Gasteiger partial charge < -0.3 is 0 Å². The zero-order chi connectivity index (χ0) is 21.6. The predicted octanol–water partition coefficient (Wildman–Crippen LogP) is 7.72. The minimum absolute atomic E-state index is 1.21. The molecule has 0 aliphatic heterocycles. The minimum atomic E-state index is 1.21. The molecule has 0 aliphatic rings. The Balaban J connectivity index is 1.57. The molecule has 0 bridgehead atoms. The third kappa shape index (κ3) is 4.17. The highest BCUT2D eigenvalue weighted by Gasteiger charge is 2.26. The van der Waals surface area contributed by atoms with E-state index in [1.165, 1.54) is 45.2 Å². The Morgan fingerprint density at radius 1 is 0.219 bits per heavy atom. The third-order valence-corrected chi connectivity index (χ3v) is 5.71. The molecule has 0 saturated carbocycles. The van der Waals surface area contributed by atoms with Gasteiger partial charge in [0.25, 0.3) is 0 Å². The lowest BCUT2D eigenvalue weighted by atomic mass is 9.82. The summed E-state index contributed by atoms with van der Waals surface area (Å²) >= 11 is 0. The third-order valence-electron chi connectivity index (χ3n) is 5.71. The van der Waals surface area contributed by atoms with Gasteiger partial charge in [-0.25, -0.2) is 0 Å². The standard InChI is InChI=1S/C32H24/c1-5-13-25(14-6-1)31(26-15-7-2-8-16-26)29-21-23-30(24-22-29)32(27-17-9-3-10-18-27)28-19-11-4-12-20-28/h1-24H/q+2. The number of hydrogen-bond acceptors (Lipinski definition) is 0. The second-order valence-corrected chi connectivity index (χ2v) is 7.79. The van der Waals surface area contributed by atoms with Crippen LogP contribution in [0.1, 0.15) is 33.4 Å². The number of benzene rings is 5. The summed E-state index contributed by atoms with van der Waals surface area (Å²) in [4.78, 5) is 0. The van der Waals surface area contributed by atoms with Crippen LogP contribution in [0.2, 0.25) is 0 Å². The largest absolute Gasteiger partial charge is 0.0649 e. The molecule has 5 aromatic rings. The maximum absolute atomic E-state index is 2.25. The van der Waals surface area contributed by atoms with Gasteiger partial charge in [0, 0.05) is 24.3 Å². The maximum Gasteiger partial charge on any atom is 0.0649 e. The van der Waals surface area contributed by atoms with E-state index in [4.69, 9.17) is 0 Å². The van der Waals surface area contributed by atoms with Crippen molar-refractivity contribution in [2.45, 2.75) is 0 Å². The van der Waals surface area contributed by atoms with Crippen molar-refractivity contribution < 1.29 is 0 Å². The molecular weight excluding hydrogens is 384 g/mol. The molecule has 0 unspecified atom stereocenters. The highest BCUT2D eigenvalue weighted by Crippen LogP contribution is 2.34. The number of rotatable bonds is 6. The van der Waals surface area contributed by atoms with Gasteiger partial charge in [-0.05, 0) is 97.1 Å². The van der Waals surface area contributed by atoms with Crippen LogP contribution in [0.15, 0.2) is 146 Å². The van der Waals surface area contributed by atoms with E-state index in [-0.39, 0.29) is 0 Å². The summed E-state index contributed by atoms with van der Waals surface area (Å²) in [6.07, 6.45) is 0. The van der Waals surface area contributed by atoms with Crippen molar-refractivity contribution in [1.29, 1.82) is 0 Å². The molecule has 0 nitrogen and oxygen atoms in total. The van der Waals surface area contributed by atoms with Crippen molar-refractivity contribution >= 4 is 0 Å². The van der Waals surface area contributed by atoms with Crippen LogP contribution in [0.25, 0.3) is 0 Å². The van der Waals surface area contributed by atoms with Crippen LogP contribution >= 0.6 is 0 Å². The first-order valence-corrected chi connectivity index (χ1v) is 11.0. The lowest BCUT2D eigenvalue weighted by Gasteiger charge is -2.15. The van der Waals surface area contributed by atoms with E-state index >= 15 is 0 Å². The minimum Gasteiger partial charge on any atom is -0.0511 e. The Bertz CT molecular complexity index is 1040. The molecule has 32 heavy (non-hydrogen) atoms. The molecule has 0 saturated heterocycles. The van der Waals surface area contributed by atoms with Crippen molar-refractivity contribution in [3.8, 4) is 0 Å². The highest BCUT2D eigenvalue weighted by atomic mass is 14.2. The molecule has 5 aromatic carbocycles. The number of hydrogen-bond donors (Lipinski definition) is 0. The monoisotopic (exact) mass is 408 g/mol. The van der Waals surface area contributed by atoms with Gasteiger partial charge in [0.05, 0.1) is 45.2 Å². The van der Waals surface area contributed by atoms with E-state index in [1.807, 2.05) is 0 Å². The average Bonchev–Trinajstić information content (AvgIpc) is 2.88. The fraction of sp³-hybridized carbons (Fsp3) is 0. The van der Waals surface area contributed by atoms with Crippen molar-refractivity contribution in [3.63, 3.8) is 0 Å². The molecule has 0 aliphatic carbocycles. The van der Waals surface area contributed by atoms with Crippen LogP contribution in [0.4, 0.5) is 0 Å². The summed E-state index contributed by atoms with van der Waals surface area (Å²) in [5, 5.41) is 0. The van der Waals surface area contributed by atoms with Crippen LogP contribution in [0.5, 0.6) is 0 Å². The van der Waals surface area contributed by atoms with Gasteiger partial charge >= 0.3 is 0 Å². The molecule has 0 heterocycles. The summed E-state index contributed by atoms with van der Waals surface area (Å²) in [6.45, 7) is 0. The van der Waals surface area contributed by atoms with Gasteiger partial charge in [-0.2, -0.15) is 0 Å². The van der Waals surface area contributed by atoms with Crippen LogP contribution in [0, 0.1) is 11.8 Å². The molecule has 0 radical (unpaired) electrons. The zero-order valence-electron chi connectivity index (χ0n) is 17.9. The van der Waals surface area contributed by atoms with Gasteiger partial charge in [-0.1, -0.05) is 24.3 Å². The summed E-state index contributed by atoms with van der Waals surface area (Å²) in [7, 11) is 0. The molecule has 0 heteroatoms. The van der Waals surface area contributed by atoms with E-state index < -0.39 is 0 Å². The molecule has 0 amide bonds. The fourth-order valence-corrected chi connectivity index (χ4v) is 4.22. The smallest absolute Gasteiger partial charge is 0.0511 e.